The number of aliphatic hydroxyl groups is 15. The van der Waals surface area contributed by atoms with Gasteiger partial charge in [0, 0.05) is 5.41 Å². The third-order valence-electron chi connectivity index (χ3n) is 23.0. The molecule has 0 aromatic carbocycles. The quantitative estimate of drug-likeness (QED) is 0.0513. The van der Waals surface area contributed by atoms with Crippen LogP contribution in [-0.2, 0) is 52.2 Å². The summed E-state index contributed by atoms with van der Waals surface area (Å²) in [5.41, 5.74) is -2.35. The molecule has 10 aliphatic rings. The van der Waals surface area contributed by atoms with Crippen molar-refractivity contribution >= 4 is 5.97 Å². The molecule has 4 saturated carbocycles. The molecule has 5 aliphatic carbocycles. The molecule has 5 saturated heterocycles. The molecule has 488 valence electrons. The van der Waals surface area contributed by atoms with E-state index in [4.69, 9.17) is 47.4 Å². The number of hydrogen-bond donors (Lipinski definition) is 15. The molecule has 0 aromatic heterocycles. The van der Waals surface area contributed by atoms with Gasteiger partial charge in [0.2, 0.25) is 6.29 Å². The number of rotatable bonds is 13. The van der Waals surface area contributed by atoms with Gasteiger partial charge < -0.3 is 124 Å². The molecule has 0 unspecified atom stereocenters. The molecule has 26 nitrogen and oxygen atoms in total. The van der Waals surface area contributed by atoms with Crippen LogP contribution in [0.25, 0.3) is 0 Å². The number of allylic oxidation sites excluding steroid dienone is 1. The Morgan fingerprint density at radius 1 is 0.565 bits per heavy atom. The van der Waals surface area contributed by atoms with E-state index in [0.29, 0.717) is 44.9 Å². The lowest BCUT2D eigenvalue weighted by molar-refractivity contribution is -0.364. The van der Waals surface area contributed by atoms with Gasteiger partial charge in [0.05, 0.1) is 50.2 Å². The van der Waals surface area contributed by atoms with Crippen molar-refractivity contribution in [1.29, 1.82) is 0 Å². The summed E-state index contributed by atoms with van der Waals surface area (Å²) in [5.74, 6) is -0.916. The van der Waals surface area contributed by atoms with E-state index in [1.807, 2.05) is 0 Å². The van der Waals surface area contributed by atoms with E-state index < -0.39 is 200 Å². The first-order valence-electron chi connectivity index (χ1n) is 30.6. The Balaban J connectivity index is 0.835. The molecule has 15 N–H and O–H groups in total. The van der Waals surface area contributed by atoms with Crippen molar-refractivity contribution in [3.05, 3.63) is 11.6 Å². The van der Waals surface area contributed by atoms with Crippen LogP contribution in [0.2, 0.25) is 0 Å². The number of aliphatic hydroxyl groups excluding tert-OH is 15. The number of hydrogen-bond acceptors (Lipinski definition) is 26. The van der Waals surface area contributed by atoms with Gasteiger partial charge in [0.15, 0.2) is 25.2 Å². The Hall–Kier alpha value is -1.75. The molecule has 0 bridgehead atoms. The van der Waals surface area contributed by atoms with Gasteiger partial charge in [-0.05, 0) is 117 Å². The number of carbonyl (C=O) groups is 1. The molecule has 0 radical (unpaired) electrons. The van der Waals surface area contributed by atoms with E-state index in [1.54, 1.807) is 0 Å². The van der Waals surface area contributed by atoms with Crippen molar-refractivity contribution < 1.29 is 129 Å². The smallest absolute Gasteiger partial charge is 0.315 e. The first-order chi connectivity index (χ1) is 39.8. The molecule has 32 atom stereocenters. The van der Waals surface area contributed by atoms with Gasteiger partial charge in [-0.3, -0.25) is 4.79 Å². The van der Waals surface area contributed by atoms with Crippen molar-refractivity contribution in [2.24, 2.45) is 50.2 Å². The van der Waals surface area contributed by atoms with Gasteiger partial charge in [-0.2, -0.15) is 0 Å². The zero-order valence-electron chi connectivity index (χ0n) is 49.8. The van der Waals surface area contributed by atoms with Gasteiger partial charge >= 0.3 is 5.97 Å². The highest BCUT2D eigenvalue weighted by Crippen LogP contribution is 2.76. The van der Waals surface area contributed by atoms with Crippen LogP contribution in [0.5, 0.6) is 0 Å². The Morgan fingerprint density at radius 3 is 1.76 bits per heavy atom. The van der Waals surface area contributed by atoms with Crippen LogP contribution in [0.3, 0.4) is 0 Å². The molecule has 5 heterocycles. The molecular formula is C59H96O26. The van der Waals surface area contributed by atoms with Crippen LogP contribution in [0.15, 0.2) is 11.6 Å². The summed E-state index contributed by atoms with van der Waals surface area (Å²) in [6.07, 6.45) is -29.7. The first-order valence-corrected chi connectivity index (χ1v) is 30.6. The summed E-state index contributed by atoms with van der Waals surface area (Å²) < 4.78 is 59.5. The molecule has 0 spiro atoms. The summed E-state index contributed by atoms with van der Waals surface area (Å²) in [6, 6.07) is 0. The predicted molar refractivity (Wildman–Crippen MR) is 288 cm³/mol. The third kappa shape index (κ3) is 11.1. The van der Waals surface area contributed by atoms with Gasteiger partial charge in [-0.1, -0.05) is 53.2 Å². The Kier molecular flexibility index (Phi) is 19.0. The van der Waals surface area contributed by atoms with Crippen LogP contribution in [-0.4, -0.2) is 263 Å². The van der Waals surface area contributed by atoms with E-state index in [2.05, 4.69) is 47.6 Å². The maximum atomic E-state index is 15.3. The summed E-state index contributed by atoms with van der Waals surface area (Å²) in [5, 5.41) is 163. The molecule has 0 amide bonds. The molecule has 85 heavy (non-hydrogen) atoms. The Labute approximate surface area is 494 Å². The van der Waals surface area contributed by atoms with Crippen LogP contribution in [0.1, 0.15) is 120 Å². The maximum absolute atomic E-state index is 15.3. The minimum Gasteiger partial charge on any atom is -0.432 e. The highest BCUT2D eigenvalue weighted by atomic mass is 16.8. The summed E-state index contributed by atoms with van der Waals surface area (Å²) >= 11 is 0. The standard InChI is InChI=1S/C59H96O26/c1-24-34(63)38(67)42(71)49(78-24)83-46-29(20-60)80-48(45(74)41(46)70)77-22-30-37(66)40(69)44(73)51(81-30)85-53(75)58-16-15-54(3,4)19-27(58)26-9-10-32-56(7)13-12-33(55(5,6)31(56)11-14-57(32,8)59(26,23-61)18-17-58)82-52-47(36(65)28(62)21-76-52)84-50-43(72)39(68)35(64)25(2)79-50/h9,24-25,27-52,60-74H,10-23H2,1-8H3/t24-,25-,27-,28-,29+,30+,31-,32+,33-,34-,35-,36-,37+,38+,39+,40-,41+,42+,43+,44+,45+,46+,47+,48+,49-,50-,51-,52-,56-,57+,58-,59-/m0/s1. The zero-order valence-corrected chi connectivity index (χ0v) is 49.8. The third-order valence-corrected chi connectivity index (χ3v) is 23.0. The average molecular weight is 1220 g/mol. The largest absolute Gasteiger partial charge is 0.432 e. The normalized spacial score (nSPS) is 54.1. The minimum absolute atomic E-state index is 0.0732. The van der Waals surface area contributed by atoms with Crippen molar-refractivity contribution in [3.63, 3.8) is 0 Å². The molecular weight excluding hydrogens is 1120 g/mol. The van der Waals surface area contributed by atoms with Crippen molar-refractivity contribution in [3.8, 4) is 0 Å². The van der Waals surface area contributed by atoms with Crippen LogP contribution in [0.4, 0.5) is 0 Å². The number of ether oxygens (including phenoxy) is 10. The van der Waals surface area contributed by atoms with Crippen molar-refractivity contribution in [2.45, 2.75) is 273 Å². The van der Waals surface area contributed by atoms with Gasteiger partial charge in [-0.15, -0.1) is 0 Å². The average Bonchev–Trinajstić information content (AvgIpc) is 0.687. The highest BCUT2D eigenvalue weighted by Gasteiger charge is 2.71. The van der Waals surface area contributed by atoms with E-state index in [9.17, 15) is 76.6 Å². The SMILES string of the molecule is C[C@@H]1O[C@@H](O[C@H]2[C@H](O[C@H]3CC[C@]4(C)[C@H]5CC=C6[C@@H]7CC(C)(C)CC[C@]7(C(=O)O[C@@H]7O[C@H](CO[C@@H]8O[C@H](CO)[C@@H](O[C@@H]9O[C@@H](C)[C@H](O)[C@@H](O)[C@H]9O)[C@H](O)[C@H]8O)[C@@H](O)[C@H](O)[C@H]7O)CC[C@@]6(CO)[C@]5(C)CC[C@H]4C3(C)C)OC[C@H](O)[C@@H]2O)[C@H](O)[C@H](O)[C@H]1O. The topological polar surface area (TPSA) is 413 Å². The summed E-state index contributed by atoms with van der Waals surface area (Å²) in [7, 11) is 0. The lowest BCUT2D eigenvalue weighted by Gasteiger charge is -2.71. The Bertz CT molecular complexity index is 2360. The minimum atomic E-state index is -1.92. The van der Waals surface area contributed by atoms with Gasteiger partial charge in [-0.25, -0.2) is 0 Å². The van der Waals surface area contributed by atoms with E-state index >= 15 is 4.79 Å². The second-order valence-corrected chi connectivity index (χ2v) is 28.5. The van der Waals surface area contributed by atoms with Gasteiger partial charge in [0.1, 0.15) is 104 Å². The van der Waals surface area contributed by atoms with Crippen molar-refractivity contribution in [1.82, 2.24) is 0 Å². The number of fused-ring (bicyclic) bond motifs is 7. The molecule has 0 aromatic rings. The van der Waals surface area contributed by atoms with E-state index in [0.717, 1.165) is 24.8 Å². The van der Waals surface area contributed by atoms with Crippen molar-refractivity contribution in [2.75, 3.05) is 26.4 Å². The van der Waals surface area contributed by atoms with E-state index in [1.165, 1.54) is 13.8 Å². The fourth-order valence-corrected chi connectivity index (χ4v) is 17.6. The molecule has 26 heteroatoms. The fraction of sp³-hybridized carbons (Fsp3) is 0.949. The second kappa shape index (κ2) is 24.4. The highest BCUT2D eigenvalue weighted by molar-refractivity contribution is 5.79. The summed E-state index contributed by atoms with van der Waals surface area (Å²) in [4.78, 5) is 15.3. The number of esters is 1. The van der Waals surface area contributed by atoms with E-state index in [-0.39, 0.29) is 35.9 Å². The summed E-state index contributed by atoms with van der Waals surface area (Å²) in [6.45, 7) is 14.3. The first kappa shape index (κ1) is 66.2. The molecule has 5 aliphatic heterocycles. The van der Waals surface area contributed by atoms with Crippen LogP contribution in [0, 0.1) is 50.2 Å². The lowest BCUT2D eigenvalue weighted by Crippen LogP contribution is -2.67. The molecule has 10 rings (SSSR count). The zero-order chi connectivity index (χ0) is 62.0. The predicted octanol–water partition coefficient (Wildman–Crippen LogP) is -2.54. The van der Waals surface area contributed by atoms with Gasteiger partial charge in [0.25, 0.3) is 0 Å². The van der Waals surface area contributed by atoms with Crippen LogP contribution >= 0.6 is 0 Å². The fourth-order valence-electron chi connectivity index (χ4n) is 17.6. The van der Waals surface area contributed by atoms with Crippen LogP contribution < -0.4 is 0 Å². The number of carbonyl (C=O) groups excluding carboxylic acids is 1. The maximum Gasteiger partial charge on any atom is 0.315 e. The monoisotopic (exact) mass is 1220 g/mol. The molecule has 9 fully saturated rings. The lowest BCUT2D eigenvalue weighted by atomic mass is 9.33. The second-order valence-electron chi connectivity index (χ2n) is 28.5. The Morgan fingerprint density at radius 2 is 1.14 bits per heavy atom.